The Morgan fingerprint density at radius 1 is 1.23 bits per heavy atom. The Balaban J connectivity index is 1.54. The number of alkyl halides is 3. The standard InChI is InChI=1S/C22H22F3N3O2S/c23-22(24,25)16-8-9-19-18(11-16)27-21(28(19)13-15-5-2-1-3-6-15)31-14-20(29)26-12-17-7-4-10-30-17/h1-3,5-6,8-9,11,17H,4,7,10,12-14H2,(H,26,29)/t17-/m0/s1. The van der Waals surface area contributed by atoms with Gasteiger partial charge in [0.2, 0.25) is 5.91 Å². The maximum absolute atomic E-state index is 13.1. The van der Waals surface area contributed by atoms with E-state index in [1.807, 2.05) is 34.9 Å². The molecule has 0 bridgehead atoms. The third-order valence-electron chi connectivity index (χ3n) is 5.11. The van der Waals surface area contributed by atoms with Crippen molar-refractivity contribution >= 4 is 28.7 Å². The number of amides is 1. The van der Waals surface area contributed by atoms with E-state index in [0.717, 1.165) is 37.1 Å². The topological polar surface area (TPSA) is 56.2 Å². The number of aromatic nitrogens is 2. The summed E-state index contributed by atoms with van der Waals surface area (Å²) in [5.41, 5.74) is 1.11. The van der Waals surface area contributed by atoms with Gasteiger partial charge in [-0.2, -0.15) is 13.2 Å². The van der Waals surface area contributed by atoms with Gasteiger partial charge in [0.25, 0.3) is 0 Å². The third kappa shape index (κ3) is 5.40. The fourth-order valence-corrected chi connectivity index (χ4v) is 4.37. The molecule has 0 aliphatic carbocycles. The Labute approximate surface area is 182 Å². The van der Waals surface area contributed by atoms with Crippen LogP contribution in [-0.4, -0.2) is 40.5 Å². The van der Waals surface area contributed by atoms with Gasteiger partial charge in [0.05, 0.1) is 35.0 Å². The second-order valence-electron chi connectivity index (χ2n) is 7.40. The first-order valence-electron chi connectivity index (χ1n) is 10.0. The number of thioether (sulfide) groups is 1. The molecule has 2 heterocycles. The summed E-state index contributed by atoms with van der Waals surface area (Å²) >= 11 is 1.21. The number of fused-ring (bicyclic) bond motifs is 1. The molecular formula is C22H22F3N3O2S. The SMILES string of the molecule is O=C(CSc1nc2cc(C(F)(F)F)ccc2n1Cc1ccccc1)NC[C@@H]1CCCO1. The monoisotopic (exact) mass is 449 g/mol. The number of nitrogens with zero attached hydrogens (tertiary/aromatic N) is 2. The van der Waals surface area contributed by atoms with Crippen LogP contribution in [-0.2, 0) is 22.3 Å². The zero-order chi connectivity index (χ0) is 21.8. The first-order chi connectivity index (χ1) is 14.9. The minimum Gasteiger partial charge on any atom is -0.376 e. The quantitative estimate of drug-likeness (QED) is 0.540. The van der Waals surface area contributed by atoms with Crippen LogP contribution in [0.25, 0.3) is 11.0 Å². The number of hydrogen-bond donors (Lipinski definition) is 1. The first kappa shape index (κ1) is 21.7. The Hall–Kier alpha value is -2.52. The van der Waals surface area contributed by atoms with Gasteiger partial charge in [-0.25, -0.2) is 4.98 Å². The highest BCUT2D eigenvalue weighted by Gasteiger charge is 2.31. The van der Waals surface area contributed by atoms with Gasteiger partial charge in [0, 0.05) is 13.2 Å². The average Bonchev–Trinajstić information content (AvgIpc) is 3.39. The fraction of sp³-hybridized carbons (Fsp3) is 0.364. The summed E-state index contributed by atoms with van der Waals surface area (Å²) in [6, 6.07) is 13.2. The van der Waals surface area contributed by atoms with E-state index in [4.69, 9.17) is 4.74 Å². The predicted molar refractivity (Wildman–Crippen MR) is 113 cm³/mol. The van der Waals surface area contributed by atoms with E-state index in [1.54, 1.807) is 0 Å². The van der Waals surface area contributed by atoms with Crippen molar-refractivity contribution in [2.24, 2.45) is 0 Å². The highest BCUT2D eigenvalue weighted by atomic mass is 32.2. The molecule has 1 N–H and O–H groups in total. The van der Waals surface area contributed by atoms with Gasteiger partial charge in [0.1, 0.15) is 0 Å². The van der Waals surface area contributed by atoms with Crippen LogP contribution in [0, 0.1) is 0 Å². The van der Waals surface area contributed by atoms with Gasteiger partial charge in [-0.05, 0) is 36.6 Å². The molecular weight excluding hydrogens is 427 g/mol. The van der Waals surface area contributed by atoms with Gasteiger partial charge in [-0.3, -0.25) is 4.79 Å². The molecule has 3 aromatic rings. The zero-order valence-electron chi connectivity index (χ0n) is 16.7. The lowest BCUT2D eigenvalue weighted by Crippen LogP contribution is -2.32. The second-order valence-corrected chi connectivity index (χ2v) is 8.34. The molecule has 0 saturated carbocycles. The lowest BCUT2D eigenvalue weighted by atomic mass is 10.2. The minimum atomic E-state index is -4.44. The molecule has 0 radical (unpaired) electrons. The predicted octanol–water partition coefficient (Wildman–Crippen LogP) is 4.49. The molecule has 31 heavy (non-hydrogen) atoms. The van der Waals surface area contributed by atoms with E-state index in [-0.39, 0.29) is 23.3 Å². The van der Waals surface area contributed by atoms with E-state index in [9.17, 15) is 18.0 Å². The Bertz CT molecular complexity index is 1050. The molecule has 164 valence electrons. The van der Waals surface area contributed by atoms with Crippen molar-refractivity contribution in [3.05, 3.63) is 59.7 Å². The molecule has 0 spiro atoms. The molecule has 1 aliphatic rings. The summed E-state index contributed by atoms with van der Waals surface area (Å²) in [5, 5.41) is 3.36. The second kappa shape index (κ2) is 9.32. The van der Waals surface area contributed by atoms with Gasteiger partial charge >= 0.3 is 6.18 Å². The number of carbonyl (C=O) groups is 1. The van der Waals surface area contributed by atoms with Crippen LogP contribution >= 0.6 is 11.8 Å². The highest BCUT2D eigenvalue weighted by Crippen LogP contribution is 2.33. The van der Waals surface area contributed by atoms with Crippen molar-refractivity contribution in [2.45, 2.75) is 36.8 Å². The van der Waals surface area contributed by atoms with Gasteiger partial charge in [-0.1, -0.05) is 42.1 Å². The third-order valence-corrected chi connectivity index (χ3v) is 6.08. The minimum absolute atomic E-state index is 0.0531. The molecule has 0 unspecified atom stereocenters. The van der Waals surface area contributed by atoms with E-state index in [2.05, 4.69) is 10.3 Å². The van der Waals surface area contributed by atoms with E-state index < -0.39 is 11.7 Å². The largest absolute Gasteiger partial charge is 0.416 e. The normalized spacial score (nSPS) is 16.7. The molecule has 1 saturated heterocycles. The van der Waals surface area contributed by atoms with Crippen molar-refractivity contribution in [3.8, 4) is 0 Å². The molecule has 1 aliphatic heterocycles. The van der Waals surface area contributed by atoms with Crippen molar-refractivity contribution in [3.63, 3.8) is 0 Å². The van der Waals surface area contributed by atoms with Crippen molar-refractivity contribution in [1.82, 2.24) is 14.9 Å². The molecule has 5 nitrogen and oxygen atoms in total. The Kier molecular flexibility index (Phi) is 6.52. The van der Waals surface area contributed by atoms with Gasteiger partial charge < -0.3 is 14.6 Å². The number of halogens is 3. The summed E-state index contributed by atoms with van der Waals surface area (Å²) in [6.45, 7) is 1.63. The molecule has 4 rings (SSSR count). The average molecular weight is 449 g/mol. The lowest BCUT2D eigenvalue weighted by Gasteiger charge is -2.11. The molecule has 1 atom stereocenters. The van der Waals surface area contributed by atoms with Gasteiger partial charge in [-0.15, -0.1) is 0 Å². The fourth-order valence-electron chi connectivity index (χ4n) is 3.53. The first-order valence-corrected chi connectivity index (χ1v) is 11.0. The maximum atomic E-state index is 13.1. The zero-order valence-corrected chi connectivity index (χ0v) is 17.5. The molecule has 2 aromatic carbocycles. The van der Waals surface area contributed by atoms with Crippen LogP contribution in [0.3, 0.4) is 0 Å². The molecule has 1 fully saturated rings. The summed E-state index contributed by atoms with van der Waals surface area (Å²) in [6.07, 6.45) is -2.45. The van der Waals surface area contributed by atoms with E-state index in [1.165, 1.54) is 17.8 Å². The van der Waals surface area contributed by atoms with Crippen LogP contribution < -0.4 is 5.32 Å². The number of rotatable bonds is 7. The maximum Gasteiger partial charge on any atom is 0.416 e. The van der Waals surface area contributed by atoms with Crippen LogP contribution in [0.15, 0.2) is 53.7 Å². The van der Waals surface area contributed by atoms with E-state index >= 15 is 0 Å². The smallest absolute Gasteiger partial charge is 0.376 e. The Morgan fingerprint density at radius 3 is 2.74 bits per heavy atom. The number of hydrogen-bond acceptors (Lipinski definition) is 4. The lowest BCUT2D eigenvalue weighted by molar-refractivity contribution is -0.137. The Morgan fingerprint density at radius 2 is 2.03 bits per heavy atom. The van der Waals surface area contributed by atoms with Crippen LogP contribution in [0.1, 0.15) is 24.0 Å². The molecule has 1 aromatic heterocycles. The van der Waals surface area contributed by atoms with Crippen LogP contribution in [0.4, 0.5) is 13.2 Å². The molecule has 1 amide bonds. The van der Waals surface area contributed by atoms with Crippen LogP contribution in [0.5, 0.6) is 0 Å². The van der Waals surface area contributed by atoms with E-state index in [0.29, 0.717) is 23.8 Å². The molecule has 9 heteroatoms. The van der Waals surface area contributed by atoms with Gasteiger partial charge in [0.15, 0.2) is 5.16 Å². The highest BCUT2D eigenvalue weighted by molar-refractivity contribution is 7.99. The number of benzene rings is 2. The summed E-state index contributed by atoms with van der Waals surface area (Å²) in [7, 11) is 0. The van der Waals surface area contributed by atoms with Crippen molar-refractivity contribution in [2.75, 3.05) is 18.9 Å². The number of nitrogens with one attached hydrogen (secondary N) is 1. The summed E-state index contributed by atoms with van der Waals surface area (Å²) in [5.74, 6) is -0.0356. The van der Waals surface area contributed by atoms with Crippen LogP contribution in [0.2, 0.25) is 0 Å². The van der Waals surface area contributed by atoms with Crippen molar-refractivity contribution < 1.29 is 22.7 Å². The van der Waals surface area contributed by atoms with Crippen molar-refractivity contribution in [1.29, 1.82) is 0 Å². The summed E-state index contributed by atoms with van der Waals surface area (Å²) < 4.78 is 46.8. The number of ether oxygens (including phenoxy) is 1. The number of imidazole rings is 1. The summed E-state index contributed by atoms with van der Waals surface area (Å²) in [4.78, 5) is 16.7. The number of carbonyl (C=O) groups excluding carboxylic acids is 1.